The first-order valence-electron chi connectivity index (χ1n) is 5.87. The van der Waals surface area contributed by atoms with E-state index in [2.05, 4.69) is 12.6 Å². The van der Waals surface area contributed by atoms with Crippen LogP contribution in [0.2, 0.25) is 0 Å². The lowest BCUT2D eigenvalue weighted by Gasteiger charge is -2.07. The Balaban J connectivity index is 2.17. The van der Waals surface area contributed by atoms with Crippen molar-refractivity contribution < 1.29 is 20.4 Å². The van der Waals surface area contributed by atoms with Crippen LogP contribution in [0.1, 0.15) is 16.4 Å². The number of phenols is 4. The lowest BCUT2D eigenvalue weighted by molar-refractivity contribution is 0.403. The molecule has 2 aromatic rings. The number of phenolic OH excluding ortho intramolecular Hbond substituents is 4. The maximum atomic E-state index is 9.43. The first-order valence-corrected chi connectivity index (χ1v) is 6.39. The van der Waals surface area contributed by atoms with Crippen LogP contribution in [0.25, 0.3) is 6.08 Å². The minimum atomic E-state index is -0.280. The van der Waals surface area contributed by atoms with E-state index in [1.807, 2.05) is 0 Å². The maximum absolute atomic E-state index is 9.43. The van der Waals surface area contributed by atoms with Crippen molar-refractivity contribution in [3.05, 3.63) is 53.6 Å². The summed E-state index contributed by atoms with van der Waals surface area (Å²) < 4.78 is 0. The van der Waals surface area contributed by atoms with Crippen molar-refractivity contribution in [3.8, 4) is 23.0 Å². The zero-order valence-electron chi connectivity index (χ0n) is 10.4. The number of hydrogen-bond donors (Lipinski definition) is 5. The lowest BCUT2D eigenvalue weighted by atomic mass is 10.1. The third-order valence-electron chi connectivity index (χ3n) is 2.81. The van der Waals surface area contributed by atoms with E-state index in [9.17, 15) is 20.4 Å². The molecule has 4 nitrogen and oxygen atoms in total. The first-order chi connectivity index (χ1) is 9.47. The predicted octanol–water partition coefficient (Wildman–Crippen LogP) is 3.19. The van der Waals surface area contributed by atoms with Crippen LogP contribution in [0.3, 0.4) is 0 Å². The molecule has 0 aliphatic heterocycles. The van der Waals surface area contributed by atoms with E-state index in [0.29, 0.717) is 5.56 Å². The highest BCUT2D eigenvalue weighted by molar-refractivity contribution is 7.80. The fraction of sp³-hybridized carbons (Fsp3) is 0.0667. The van der Waals surface area contributed by atoms with Crippen molar-refractivity contribution in [3.63, 3.8) is 0 Å². The summed E-state index contributed by atoms with van der Waals surface area (Å²) in [5, 5.41) is 37.0. The van der Waals surface area contributed by atoms with Crippen LogP contribution in [-0.4, -0.2) is 20.4 Å². The van der Waals surface area contributed by atoms with Gasteiger partial charge in [0.05, 0.1) is 0 Å². The second-order valence-corrected chi connectivity index (χ2v) is 4.86. The van der Waals surface area contributed by atoms with Crippen molar-refractivity contribution in [1.29, 1.82) is 0 Å². The van der Waals surface area contributed by atoms with Crippen molar-refractivity contribution in [2.75, 3.05) is 0 Å². The Hall–Kier alpha value is -2.27. The molecule has 2 aromatic carbocycles. The molecular formula is C15H14O4S. The topological polar surface area (TPSA) is 80.9 Å². The Labute approximate surface area is 121 Å². The van der Waals surface area contributed by atoms with Gasteiger partial charge in [-0.25, -0.2) is 0 Å². The van der Waals surface area contributed by atoms with Crippen molar-refractivity contribution >= 4 is 18.7 Å². The van der Waals surface area contributed by atoms with Crippen LogP contribution in [0, 0.1) is 0 Å². The molecule has 4 N–H and O–H groups in total. The van der Waals surface area contributed by atoms with E-state index in [1.54, 1.807) is 24.3 Å². The summed E-state index contributed by atoms with van der Waals surface area (Å²) >= 11 is 4.39. The Morgan fingerprint density at radius 3 is 2.00 bits per heavy atom. The van der Waals surface area contributed by atoms with E-state index < -0.39 is 0 Å². The van der Waals surface area contributed by atoms with E-state index in [4.69, 9.17) is 0 Å². The smallest absolute Gasteiger partial charge is 0.157 e. The second-order valence-electron chi connectivity index (χ2n) is 4.30. The van der Waals surface area contributed by atoms with Gasteiger partial charge in [-0.15, -0.1) is 0 Å². The monoisotopic (exact) mass is 290 g/mol. The molecular weight excluding hydrogens is 276 g/mol. The Morgan fingerprint density at radius 1 is 0.800 bits per heavy atom. The van der Waals surface area contributed by atoms with Gasteiger partial charge in [0, 0.05) is 5.25 Å². The average molecular weight is 290 g/mol. The molecule has 0 heterocycles. The molecule has 0 spiro atoms. The molecule has 5 heteroatoms. The lowest BCUT2D eigenvalue weighted by Crippen LogP contribution is -1.86. The quantitative estimate of drug-likeness (QED) is 0.444. The number of aromatic hydroxyl groups is 4. The van der Waals surface area contributed by atoms with Gasteiger partial charge in [0.1, 0.15) is 0 Å². The number of hydrogen-bond acceptors (Lipinski definition) is 5. The second kappa shape index (κ2) is 5.79. The Bertz CT molecular complexity index is 652. The summed E-state index contributed by atoms with van der Waals surface area (Å²) in [7, 11) is 0. The first kappa shape index (κ1) is 14.1. The van der Waals surface area contributed by atoms with Crippen LogP contribution in [-0.2, 0) is 0 Å². The standard InChI is InChI=1S/C15H14O4S/c16-11-4-1-9(7-13(11)18)2-6-15(20)10-3-5-12(17)14(19)8-10/h1-8,15-20H/b6-2+. The molecule has 1 unspecified atom stereocenters. The largest absolute Gasteiger partial charge is 0.504 e. The van der Waals surface area contributed by atoms with Crippen molar-refractivity contribution in [2.45, 2.75) is 5.25 Å². The van der Waals surface area contributed by atoms with Crippen LogP contribution >= 0.6 is 12.6 Å². The predicted molar refractivity (Wildman–Crippen MR) is 80.3 cm³/mol. The molecule has 0 fully saturated rings. The van der Waals surface area contributed by atoms with Gasteiger partial charge in [-0.3, -0.25) is 0 Å². The van der Waals surface area contributed by atoms with E-state index >= 15 is 0 Å². The number of rotatable bonds is 3. The third kappa shape index (κ3) is 3.19. The van der Waals surface area contributed by atoms with Gasteiger partial charge >= 0.3 is 0 Å². The summed E-state index contributed by atoms with van der Waals surface area (Å²) in [6.45, 7) is 0. The zero-order valence-corrected chi connectivity index (χ0v) is 11.3. The summed E-state index contributed by atoms with van der Waals surface area (Å²) in [6, 6.07) is 8.97. The van der Waals surface area contributed by atoms with Gasteiger partial charge in [0.15, 0.2) is 23.0 Å². The average Bonchev–Trinajstić information content (AvgIpc) is 2.43. The highest BCUT2D eigenvalue weighted by Crippen LogP contribution is 2.31. The molecule has 2 rings (SSSR count). The van der Waals surface area contributed by atoms with Crippen LogP contribution in [0.5, 0.6) is 23.0 Å². The molecule has 0 bridgehead atoms. The fourth-order valence-electron chi connectivity index (χ4n) is 1.68. The Morgan fingerprint density at radius 2 is 1.40 bits per heavy atom. The minimum absolute atomic E-state index is 0.173. The third-order valence-corrected chi connectivity index (χ3v) is 3.28. The molecule has 0 saturated carbocycles. The molecule has 0 aliphatic carbocycles. The number of benzene rings is 2. The fourth-order valence-corrected chi connectivity index (χ4v) is 1.93. The highest BCUT2D eigenvalue weighted by atomic mass is 32.1. The van der Waals surface area contributed by atoms with Gasteiger partial charge < -0.3 is 20.4 Å². The van der Waals surface area contributed by atoms with Gasteiger partial charge in [0.25, 0.3) is 0 Å². The van der Waals surface area contributed by atoms with Crippen LogP contribution < -0.4 is 0 Å². The van der Waals surface area contributed by atoms with Crippen molar-refractivity contribution in [2.24, 2.45) is 0 Å². The molecule has 0 amide bonds. The molecule has 104 valence electrons. The van der Waals surface area contributed by atoms with Gasteiger partial charge in [0.2, 0.25) is 0 Å². The normalized spacial score (nSPS) is 12.7. The SMILES string of the molecule is Oc1ccc(/C=C/C(S)c2ccc(O)c(O)c2)cc1O. The maximum Gasteiger partial charge on any atom is 0.157 e. The molecule has 0 aliphatic rings. The molecule has 1 atom stereocenters. The van der Waals surface area contributed by atoms with Crippen molar-refractivity contribution in [1.82, 2.24) is 0 Å². The van der Waals surface area contributed by atoms with Crippen LogP contribution in [0.15, 0.2) is 42.5 Å². The van der Waals surface area contributed by atoms with Gasteiger partial charge in [-0.2, -0.15) is 12.6 Å². The summed E-state index contributed by atoms with van der Waals surface area (Å²) in [5.74, 6) is -0.739. The van der Waals surface area contributed by atoms with E-state index in [0.717, 1.165) is 5.56 Å². The molecule has 0 aromatic heterocycles. The van der Waals surface area contributed by atoms with E-state index in [1.165, 1.54) is 24.3 Å². The zero-order chi connectivity index (χ0) is 14.7. The van der Waals surface area contributed by atoms with Gasteiger partial charge in [-0.1, -0.05) is 24.3 Å². The molecule has 0 radical (unpaired) electrons. The minimum Gasteiger partial charge on any atom is -0.504 e. The molecule has 0 saturated heterocycles. The van der Waals surface area contributed by atoms with Gasteiger partial charge in [-0.05, 0) is 35.4 Å². The summed E-state index contributed by atoms with van der Waals surface area (Å²) in [4.78, 5) is 0. The summed E-state index contributed by atoms with van der Waals surface area (Å²) in [6.07, 6.45) is 3.50. The Kier molecular flexibility index (Phi) is 4.10. The van der Waals surface area contributed by atoms with Crippen LogP contribution in [0.4, 0.5) is 0 Å². The van der Waals surface area contributed by atoms with E-state index in [-0.39, 0.29) is 28.2 Å². The highest BCUT2D eigenvalue weighted by Gasteiger charge is 2.06. The number of thiol groups is 1. The molecule has 20 heavy (non-hydrogen) atoms. The summed E-state index contributed by atoms with van der Waals surface area (Å²) in [5.41, 5.74) is 1.44.